The highest BCUT2D eigenvalue weighted by atomic mass is 19.1. The average Bonchev–Trinajstić information content (AvgIpc) is 3.17. The standard InChI is InChI=1S/C21H20FNO5/c22-20(18(24)25)15-10-16(21(23,17(15)20)19(26)27)28-11-12-6-8-14(9-7-12)13-4-2-1-3-5-13/h1-9,15-17H,10-11,23H2,(H,24,25)(H,26,27)/t15-,16-,17+,20-,21+/m1/s1. The summed E-state index contributed by atoms with van der Waals surface area (Å²) < 4.78 is 20.3. The fraction of sp³-hybridized carbons (Fsp3) is 0.333. The van der Waals surface area contributed by atoms with Crippen molar-refractivity contribution in [2.75, 3.05) is 0 Å². The first kappa shape index (κ1) is 18.6. The minimum atomic E-state index is -2.58. The molecule has 0 aliphatic heterocycles. The topological polar surface area (TPSA) is 110 Å². The molecule has 0 unspecified atom stereocenters. The molecule has 2 aromatic rings. The van der Waals surface area contributed by atoms with E-state index in [2.05, 4.69) is 0 Å². The van der Waals surface area contributed by atoms with Crippen LogP contribution in [0.2, 0.25) is 0 Å². The van der Waals surface area contributed by atoms with Crippen LogP contribution in [-0.2, 0) is 20.9 Å². The molecule has 7 heteroatoms. The Labute approximate surface area is 160 Å². The minimum Gasteiger partial charge on any atom is -0.480 e. The second kappa shape index (κ2) is 6.39. The fourth-order valence-corrected chi connectivity index (χ4v) is 4.43. The van der Waals surface area contributed by atoms with E-state index in [9.17, 15) is 19.1 Å². The molecule has 2 aromatic carbocycles. The largest absolute Gasteiger partial charge is 0.480 e. The Kier molecular flexibility index (Phi) is 4.24. The molecule has 0 saturated heterocycles. The summed E-state index contributed by atoms with van der Waals surface area (Å²) in [6, 6.07) is 17.4. The van der Waals surface area contributed by atoms with Gasteiger partial charge < -0.3 is 20.7 Å². The number of halogens is 1. The van der Waals surface area contributed by atoms with E-state index in [1.54, 1.807) is 0 Å². The summed E-state index contributed by atoms with van der Waals surface area (Å²) in [5.41, 5.74) is 4.28. The molecule has 2 fully saturated rings. The van der Waals surface area contributed by atoms with Crippen LogP contribution in [0.15, 0.2) is 54.6 Å². The number of ether oxygens (including phenoxy) is 1. The molecule has 0 amide bonds. The van der Waals surface area contributed by atoms with Gasteiger partial charge in [0.05, 0.1) is 12.7 Å². The third kappa shape index (κ3) is 2.62. The molecular weight excluding hydrogens is 365 g/mol. The van der Waals surface area contributed by atoms with E-state index in [0.29, 0.717) is 0 Å². The fourth-order valence-electron chi connectivity index (χ4n) is 4.43. The number of hydrogen-bond acceptors (Lipinski definition) is 4. The second-order valence-electron chi connectivity index (χ2n) is 7.49. The van der Waals surface area contributed by atoms with Crippen LogP contribution >= 0.6 is 0 Å². The Morgan fingerprint density at radius 3 is 2.21 bits per heavy atom. The van der Waals surface area contributed by atoms with Gasteiger partial charge in [0, 0.05) is 11.8 Å². The van der Waals surface area contributed by atoms with Gasteiger partial charge in [0.2, 0.25) is 5.67 Å². The van der Waals surface area contributed by atoms with Crippen molar-refractivity contribution >= 4 is 11.9 Å². The van der Waals surface area contributed by atoms with Crippen LogP contribution in [-0.4, -0.2) is 39.5 Å². The van der Waals surface area contributed by atoms with Crippen molar-refractivity contribution < 1.29 is 28.9 Å². The summed E-state index contributed by atoms with van der Waals surface area (Å²) >= 11 is 0. The SMILES string of the molecule is N[C@]1(C(=O)O)[C@H]2[C@@H](C[C@H]1OCc1ccc(-c3ccccc3)cc1)[C@]2(F)C(=O)O. The van der Waals surface area contributed by atoms with Crippen LogP contribution in [0.5, 0.6) is 0 Å². The first-order valence-corrected chi connectivity index (χ1v) is 9.00. The quantitative estimate of drug-likeness (QED) is 0.705. The number of aliphatic carboxylic acids is 2. The van der Waals surface area contributed by atoms with E-state index >= 15 is 0 Å². The highest BCUT2D eigenvalue weighted by molar-refractivity contribution is 5.90. The molecule has 146 valence electrons. The first-order chi connectivity index (χ1) is 13.3. The molecule has 2 aliphatic rings. The Hall–Kier alpha value is -2.77. The van der Waals surface area contributed by atoms with Gasteiger partial charge in [0.25, 0.3) is 0 Å². The van der Waals surface area contributed by atoms with Crippen LogP contribution in [0.25, 0.3) is 11.1 Å². The maximum Gasteiger partial charge on any atom is 0.342 e. The highest BCUT2D eigenvalue weighted by Crippen LogP contribution is 2.67. The molecule has 0 spiro atoms. The lowest BCUT2D eigenvalue weighted by Crippen LogP contribution is -2.60. The van der Waals surface area contributed by atoms with Crippen molar-refractivity contribution in [3.8, 4) is 11.1 Å². The molecule has 0 radical (unpaired) electrons. The van der Waals surface area contributed by atoms with Gasteiger partial charge >= 0.3 is 11.9 Å². The van der Waals surface area contributed by atoms with Gasteiger partial charge in [0.15, 0.2) is 0 Å². The zero-order valence-electron chi connectivity index (χ0n) is 14.9. The number of carboxylic acid groups (broad SMARTS) is 2. The van der Waals surface area contributed by atoms with E-state index in [0.717, 1.165) is 16.7 Å². The van der Waals surface area contributed by atoms with Gasteiger partial charge in [0.1, 0.15) is 5.54 Å². The summed E-state index contributed by atoms with van der Waals surface area (Å²) in [6.45, 7) is 0.109. The maximum atomic E-state index is 14.5. The molecule has 0 aromatic heterocycles. The van der Waals surface area contributed by atoms with Gasteiger partial charge in [-0.25, -0.2) is 9.18 Å². The van der Waals surface area contributed by atoms with Crippen LogP contribution in [0, 0.1) is 11.8 Å². The molecule has 28 heavy (non-hydrogen) atoms. The highest BCUT2D eigenvalue weighted by Gasteiger charge is 2.85. The second-order valence-corrected chi connectivity index (χ2v) is 7.49. The first-order valence-electron chi connectivity index (χ1n) is 9.00. The number of carbonyl (C=O) groups is 2. The molecule has 0 heterocycles. The van der Waals surface area contributed by atoms with E-state index in [1.165, 1.54) is 0 Å². The van der Waals surface area contributed by atoms with Crippen LogP contribution in [0.3, 0.4) is 0 Å². The summed E-state index contributed by atoms with van der Waals surface area (Å²) in [5.74, 6) is -5.31. The summed E-state index contributed by atoms with van der Waals surface area (Å²) in [4.78, 5) is 22.9. The smallest absolute Gasteiger partial charge is 0.342 e. The minimum absolute atomic E-state index is 0.0294. The van der Waals surface area contributed by atoms with Crippen molar-refractivity contribution in [1.29, 1.82) is 0 Å². The average molecular weight is 385 g/mol. The predicted octanol–water partition coefficient (Wildman–Crippen LogP) is 2.46. The third-order valence-corrected chi connectivity index (χ3v) is 6.01. The van der Waals surface area contributed by atoms with Gasteiger partial charge in [-0.15, -0.1) is 0 Å². The predicted molar refractivity (Wildman–Crippen MR) is 98.1 cm³/mol. The number of fused-ring (bicyclic) bond motifs is 1. The molecule has 2 saturated carbocycles. The Morgan fingerprint density at radius 1 is 1.04 bits per heavy atom. The van der Waals surface area contributed by atoms with Crippen LogP contribution in [0.1, 0.15) is 12.0 Å². The van der Waals surface area contributed by atoms with Crippen molar-refractivity contribution in [3.05, 3.63) is 60.2 Å². The molecule has 4 N–H and O–H groups in total. The third-order valence-electron chi connectivity index (χ3n) is 6.01. The number of alkyl halides is 1. The van der Waals surface area contributed by atoms with E-state index in [1.807, 2.05) is 54.6 Å². The Balaban J connectivity index is 1.45. The molecular formula is C21H20FNO5. The molecule has 4 rings (SSSR count). The van der Waals surface area contributed by atoms with Gasteiger partial charge in [-0.1, -0.05) is 54.6 Å². The molecule has 2 aliphatic carbocycles. The number of nitrogens with two attached hydrogens (primary N) is 1. The summed E-state index contributed by atoms with van der Waals surface area (Å²) in [5, 5.41) is 18.6. The van der Waals surface area contributed by atoms with Gasteiger partial charge in [-0.3, -0.25) is 4.79 Å². The maximum absolute atomic E-state index is 14.5. The lowest BCUT2D eigenvalue weighted by atomic mass is 9.88. The number of rotatable bonds is 6. The molecule has 0 bridgehead atoms. The summed E-state index contributed by atoms with van der Waals surface area (Å²) in [6.07, 6.45) is -0.977. The van der Waals surface area contributed by atoms with Crippen molar-refractivity contribution in [3.63, 3.8) is 0 Å². The lowest BCUT2D eigenvalue weighted by Gasteiger charge is -2.31. The number of carboxylic acids is 2. The van der Waals surface area contributed by atoms with E-state index in [-0.39, 0.29) is 13.0 Å². The zero-order valence-corrected chi connectivity index (χ0v) is 14.9. The van der Waals surface area contributed by atoms with Crippen molar-refractivity contribution in [2.24, 2.45) is 17.6 Å². The van der Waals surface area contributed by atoms with Gasteiger partial charge in [-0.2, -0.15) is 0 Å². The number of hydrogen-bond donors (Lipinski definition) is 3. The summed E-state index contributed by atoms with van der Waals surface area (Å²) in [7, 11) is 0. The van der Waals surface area contributed by atoms with Crippen molar-refractivity contribution in [2.45, 2.75) is 30.3 Å². The number of benzene rings is 2. The lowest BCUT2D eigenvalue weighted by molar-refractivity contribution is -0.156. The van der Waals surface area contributed by atoms with Crippen LogP contribution < -0.4 is 5.73 Å². The Morgan fingerprint density at radius 2 is 1.64 bits per heavy atom. The monoisotopic (exact) mass is 385 g/mol. The molecule has 6 nitrogen and oxygen atoms in total. The molecule has 5 atom stereocenters. The normalized spacial score (nSPS) is 33.3. The van der Waals surface area contributed by atoms with Gasteiger partial charge in [-0.05, 0) is 23.1 Å². The van der Waals surface area contributed by atoms with E-state index < -0.39 is 41.1 Å². The Bertz CT molecular complexity index is 918. The van der Waals surface area contributed by atoms with Crippen molar-refractivity contribution in [1.82, 2.24) is 0 Å². The van der Waals surface area contributed by atoms with Crippen LogP contribution in [0.4, 0.5) is 4.39 Å². The zero-order chi connectivity index (χ0) is 20.1. The van der Waals surface area contributed by atoms with E-state index in [4.69, 9.17) is 15.6 Å².